The van der Waals surface area contributed by atoms with E-state index in [1.54, 1.807) is 0 Å². The van der Waals surface area contributed by atoms with Crippen molar-refractivity contribution in [1.29, 1.82) is 0 Å². The Morgan fingerprint density at radius 3 is 2.65 bits per heavy atom. The molecule has 1 aliphatic rings. The van der Waals surface area contributed by atoms with Crippen molar-refractivity contribution in [2.45, 2.75) is 12.5 Å². The lowest BCUT2D eigenvalue weighted by Crippen LogP contribution is -2.14. The van der Waals surface area contributed by atoms with Crippen LogP contribution in [0.25, 0.3) is 11.1 Å². The van der Waals surface area contributed by atoms with E-state index in [0.717, 1.165) is 22.4 Å². The third-order valence-corrected chi connectivity index (χ3v) is 3.13. The quantitative estimate of drug-likeness (QED) is 0.809. The SMILES string of the molecule is O[C@H]1CCOc2c(-c3ccccc3)cccc21. The average Bonchev–Trinajstić information content (AvgIpc) is 2.40. The number of aliphatic hydroxyl groups excluding tert-OH is 1. The first-order valence-corrected chi connectivity index (χ1v) is 5.85. The van der Waals surface area contributed by atoms with Crippen LogP contribution >= 0.6 is 0 Å². The van der Waals surface area contributed by atoms with E-state index in [-0.39, 0.29) is 0 Å². The summed E-state index contributed by atoms with van der Waals surface area (Å²) in [5, 5.41) is 9.95. The number of benzene rings is 2. The Morgan fingerprint density at radius 1 is 1.00 bits per heavy atom. The molecular weight excluding hydrogens is 212 g/mol. The molecule has 0 saturated carbocycles. The molecule has 0 amide bonds. The van der Waals surface area contributed by atoms with Crippen molar-refractivity contribution < 1.29 is 9.84 Å². The van der Waals surface area contributed by atoms with Crippen molar-refractivity contribution in [2.75, 3.05) is 6.61 Å². The Kier molecular flexibility index (Phi) is 2.57. The zero-order chi connectivity index (χ0) is 11.7. The molecule has 0 unspecified atom stereocenters. The summed E-state index contributed by atoms with van der Waals surface area (Å²) in [4.78, 5) is 0. The summed E-state index contributed by atoms with van der Waals surface area (Å²) in [6.45, 7) is 0.581. The highest BCUT2D eigenvalue weighted by molar-refractivity contribution is 5.72. The number of aliphatic hydroxyl groups is 1. The lowest BCUT2D eigenvalue weighted by atomic mass is 9.96. The van der Waals surface area contributed by atoms with Gasteiger partial charge < -0.3 is 9.84 Å². The molecule has 17 heavy (non-hydrogen) atoms. The summed E-state index contributed by atoms with van der Waals surface area (Å²) in [6, 6.07) is 16.1. The number of para-hydroxylation sites is 1. The molecule has 1 aliphatic heterocycles. The van der Waals surface area contributed by atoms with Gasteiger partial charge in [-0.1, -0.05) is 48.5 Å². The van der Waals surface area contributed by atoms with E-state index in [4.69, 9.17) is 4.74 Å². The largest absolute Gasteiger partial charge is 0.492 e. The third kappa shape index (κ3) is 1.81. The van der Waals surface area contributed by atoms with E-state index < -0.39 is 6.10 Å². The van der Waals surface area contributed by atoms with Gasteiger partial charge in [0.2, 0.25) is 0 Å². The van der Waals surface area contributed by atoms with Gasteiger partial charge in [0.15, 0.2) is 0 Å². The molecule has 2 heteroatoms. The number of hydrogen-bond donors (Lipinski definition) is 1. The second kappa shape index (κ2) is 4.22. The van der Waals surface area contributed by atoms with Crippen molar-refractivity contribution in [1.82, 2.24) is 0 Å². The van der Waals surface area contributed by atoms with Gasteiger partial charge >= 0.3 is 0 Å². The van der Waals surface area contributed by atoms with Crippen LogP contribution in [0.4, 0.5) is 0 Å². The molecule has 1 atom stereocenters. The summed E-state index contributed by atoms with van der Waals surface area (Å²) >= 11 is 0. The summed E-state index contributed by atoms with van der Waals surface area (Å²) in [6.07, 6.45) is 0.271. The summed E-state index contributed by atoms with van der Waals surface area (Å²) < 4.78 is 5.72. The fourth-order valence-corrected chi connectivity index (χ4v) is 2.25. The molecule has 86 valence electrons. The maximum absolute atomic E-state index is 9.95. The number of rotatable bonds is 1. The van der Waals surface area contributed by atoms with Crippen LogP contribution in [0.15, 0.2) is 48.5 Å². The monoisotopic (exact) mass is 226 g/mol. The smallest absolute Gasteiger partial charge is 0.132 e. The molecule has 0 radical (unpaired) electrons. The standard InChI is InChI=1S/C15H14O2/c16-14-9-10-17-15-12(7-4-8-13(14)15)11-5-2-1-3-6-11/h1-8,14,16H,9-10H2/t14-/m0/s1. The van der Waals surface area contributed by atoms with Crippen LogP contribution < -0.4 is 4.74 Å². The zero-order valence-corrected chi connectivity index (χ0v) is 9.47. The van der Waals surface area contributed by atoms with Crippen LogP contribution in [0.2, 0.25) is 0 Å². The first-order chi connectivity index (χ1) is 8.36. The highest BCUT2D eigenvalue weighted by Gasteiger charge is 2.21. The van der Waals surface area contributed by atoms with Crippen molar-refractivity contribution in [3.8, 4) is 16.9 Å². The molecule has 0 aromatic heterocycles. The van der Waals surface area contributed by atoms with Crippen LogP contribution in [0, 0.1) is 0 Å². The lowest BCUT2D eigenvalue weighted by molar-refractivity contribution is 0.116. The molecule has 2 aromatic rings. The molecule has 2 aromatic carbocycles. The maximum Gasteiger partial charge on any atom is 0.132 e. The number of fused-ring (bicyclic) bond motifs is 1. The molecule has 1 N–H and O–H groups in total. The van der Waals surface area contributed by atoms with Crippen LogP contribution in [0.1, 0.15) is 18.1 Å². The minimum Gasteiger partial charge on any atom is -0.492 e. The Balaban J connectivity index is 2.16. The molecule has 3 rings (SSSR count). The van der Waals surface area contributed by atoms with E-state index in [1.807, 2.05) is 36.4 Å². The molecule has 2 nitrogen and oxygen atoms in total. The first-order valence-electron chi connectivity index (χ1n) is 5.85. The Morgan fingerprint density at radius 2 is 1.82 bits per heavy atom. The van der Waals surface area contributed by atoms with E-state index in [0.29, 0.717) is 13.0 Å². The van der Waals surface area contributed by atoms with Gasteiger partial charge in [-0.3, -0.25) is 0 Å². The fraction of sp³-hybridized carbons (Fsp3) is 0.200. The van der Waals surface area contributed by atoms with E-state index in [1.165, 1.54) is 0 Å². The predicted molar refractivity (Wildman–Crippen MR) is 66.9 cm³/mol. The maximum atomic E-state index is 9.95. The van der Waals surface area contributed by atoms with Gasteiger partial charge in [-0.15, -0.1) is 0 Å². The van der Waals surface area contributed by atoms with Gasteiger partial charge in [0.25, 0.3) is 0 Å². The van der Waals surface area contributed by atoms with Crippen molar-refractivity contribution in [3.63, 3.8) is 0 Å². The number of hydrogen-bond acceptors (Lipinski definition) is 2. The molecule has 0 bridgehead atoms. The second-order valence-electron chi connectivity index (χ2n) is 4.24. The van der Waals surface area contributed by atoms with Crippen LogP contribution in [-0.4, -0.2) is 11.7 Å². The first kappa shape index (κ1) is 10.4. The van der Waals surface area contributed by atoms with E-state index in [9.17, 15) is 5.11 Å². The van der Waals surface area contributed by atoms with E-state index >= 15 is 0 Å². The molecule has 0 saturated heterocycles. The molecule has 0 fully saturated rings. The predicted octanol–water partition coefficient (Wildman–Crippen LogP) is 3.17. The van der Waals surface area contributed by atoms with Crippen LogP contribution in [-0.2, 0) is 0 Å². The highest BCUT2D eigenvalue weighted by Crippen LogP contribution is 2.39. The zero-order valence-electron chi connectivity index (χ0n) is 9.47. The minimum atomic E-state index is -0.401. The molecular formula is C15H14O2. The number of ether oxygens (including phenoxy) is 1. The van der Waals surface area contributed by atoms with Gasteiger partial charge in [0, 0.05) is 17.5 Å². The van der Waals surface area contributed by atoms with E-state index in [2.05, 4.69) is 12.1 Å². The lowest BCUT2D eigenvalue weighted by Gasteiger charge is -2.24. The highest BCUT2D eigenvalue weighted by atomic mass is 16.5. The van der Waals surface area contributed by atoms with Crippen LogP contribution in [0.3, 0.4) is 0 Å². The van der Waals surface area contributed by atoms with Gasteiger partial charge in [0.05, 0.1) is 12.7 Å². The summed E-state index contributed by atoms with van der Waals surface area (Å²) in [7, 11) is 0. The molecule has 0 aliphatic carbocycles. The van der Waals surface area contributed by atoms with Gasteiger partial charge in [-0.05, 0) is 5.56 Å². The van der Waals surface area contributed by atoms with Crippen molar-refractivity contribution >= 4 is 0 Å². The third-order valence-electron chi connectivity index (χ3n) is 3.13. The molecule has 1 heterocycles. The Hall–Kier alpha value is -1.80. The summed E-state index contributed by atoms with van der Waals surface area (Å²) in [5.41, 5.74) is 3.08. The minimum absolute atomic E-state index is 0.401. The van der Waals surface area contributed by atoms with Crippen molar-refractivity contribution in [2.24, 2.45) is 0 Å². The second-order valence-corrected chi connectivity index (χ2v) is 4.24. The van der Waals surface area contributed by atoms with Gasteiger partial charge in [-0.25, -0.2) is 0 Å². The van der Waals surface area contributed by atoms with Crippen LogP contribution in [0.5, 0.6) is 5.75 Å². The Bertz CT molecular complexity index is 520. The van der Waals surface area contributed by atoms with Crippen molar-refractivity contribution in [3.05, 3.63) is 54.1 Å². The van der Waals surface area contributed by atoms with Gasteiger partial charge in [0.1, 0.15) is 5.75 Å². The fourth-order valence-electron chi connectivity index (χ4n) is 2.25. The topological polar surface area (TPSA) is 29.5 Å². The van der Waals surface area contributed by atoms with Gasteiger partial charge in [-0.2, -0.15) is 0 Å². The summed E-state index contributed by atoms with van der Waals surface area (Å²) in [5.74, 6) is 0.831. The normalized spacial score (nSPS) is 18.3. The Labute approximate surface area is 100 Å². The molecule has 0 spiro atoms. The average molecular weight is 226 g/mol.